The summed E-state index contributed by atoms with van der Waals surface area (Å²) in [7, 11) is 0. The Bertz CT molecular complexity index is 584. The maximum atomic E-state index is 12.3. The summed E-state index contributed by atoms with van der Waals surface area (Å²) in [6, 6.07) is 1.26. The Morgan fingerprint density at radius 3 is 2.89 bits per heavy atom. The van der Waals surface area contributed by atoms with Crippen molar-refractivity contribution < 1.29 is 14.4 Å². The highest BCUT2D eigenvalue weighted by molar-refractivity contribution is 9.11. The minimum atomic E-state index is -0.530. The fourth-order valence-corrected chi connectivity index (χ4v) is 4.18. The third kappa shape index (κ3) is 2.21. The largest absolute Gasteiger partial charge is 0.321 e. The Balaban J connectivity index is 1.84. The quantitative estimate of drug-likeness (QED) is 0.789. The van der Waals surface area contributed by atoms with Crippen LogP contribution in [-0.4, -0.2) is 28.7 Å². The summed E-state index contributed by atoms with van der Waals surface area (Å²) in [6.07, 6.45) is 1.51. The monoisotopic (exact) mass is 342 g/mol. The average Bonchev–Trinajstić information content (AvgIpc) is 2.77. The van der Waals surface area contributed by atoms with Crippen molar-refractivity contribution in [1.29, 1.82) is 0 Å². The van der Waals surface area contributed by atoms with Gasteiger partial charge in [0.1, 0.15) is 6.04 Å². The zero-order valence-electron chi connectivity index (χ0n) is 9.94. The minimum Gasteiger partial charge on any atom is -0.321 e. The van der Waals surface area contributed by atoms with Gasteiger partial charge in [0, 0.05) is 11.3 Å². The molecule has 0 saturated carbocycles. The van der Waals surface area contributed by atoms with Crippen LogP contribution in [0.3, 0.4) is 0 Å². The van der Waals surface area contributed by atoms with Crippen molar-refractivity contribution in [2.24, 2.45) is 0 Å². The van der Waals surface area contributed by atoms with E-state index in [0.717, 1.165) is 8.66 Å². The van der Waals surface area contributed by atoms with Gasteiger partial charge in [-0.15, -0.1) is 11.3 Å². The van der Waals surface area contributed by atoms with Gasteiger partial charge in [-0.05, 0) is 34.8 Å². The number of hydrogen-bond acceptors (Lipinski definition) is 4. The number of carbonyl (C=O) groups excluding carboxylic acids is 3. The molecule has 19 heavy (non-hydrogen) atoms. The highest BCUT2D eigenvalue weighted by Crippen LogP contribution is 2.35. The van der Waals surface area contributed by atoms with Gasteiger partial charge in [-0.25, -0.2) is 0 Å². The molecular weight excluding hydrogens is 332 g/mol. The fraction of sp³-hybridized carbons (Fsp3) is 0.417. The van der Waals surface area contributed by atoms with Crippen molar-refractivity contribution in [2.75, 3.05) is 0 Å². The normalized spacial score (nSPS) is 23.3. The smallest absolute Gasteiger partial charge is 0.256 e. The van der Waals surface area contributed by atoms with Gasteiger partial charge in [-0.1, -0.05) is 0 Å². The van der Waals surface area contributed by atoms with Crippen molar-refractivity contribution in [3.8, 4) is 0 Å². The molecule has 3 rings (SSSR count). The van der Waals surface area contributed by atoms with Crippen LogP contribution in [0.1, 0.15) is 34.5 Å². The van der Waals surface area contributed by atoms with Crippen LogP contribution >= 0.6 is 27.3 Å². The van der Waals surface area contributed by atoms with Gasteiger partial charge in [-0.3, -0.25) is 19.7 Å². The number of nitrogens with one attached hydrogen (secondary N) is 1. The van der Waals surface area contributed by atoms with Crippen LogP contribution in [0.2, 0.25) is 0 Å². The van der Waals surface area contributed by atoms with Gasteiger partial charge in [0.05, 0.1) is 15.9 Å². The molecule has 3 heterocycles. The SMILES string of the molecule is O=C1CCCC(N2Cc3sc(Br)cc3C2=O)C(=O)N1. The molecule has 0 radical (unpaired) electrons. The summed E-state index contributed by atoms with van der Waals surface area (Å²) in [5.41, 5.74) is 0.667. The molecule has 0 aliphatic carbocycles. The van der Waals surface area contributed by atoms with Gasteiger partial charge >= 0.3 is 0 Å². The van der Waals surface area contributed by atoms with E-state index in [4.69, 9.17) is 0 Å². The van der Waals surface area contributed by atoms with E-state index in [1.54, 1.807) is 11.0 Å². The molecule has 0 bridgehead atoms. The summed E-state index contributed by atoms with van der Waals surface area (Å²) < 4.78 is 0.922. The first-order valence-electron chi connectivity index (χ1n) is 5.99. The lowest BCUT2D eigenvalue weighted by Gasteiger charge is -2.24. The molecule has 2 aliphatic rings. The Labute approximate surface area is 122 Å². The Hall–Kier alpha value is -1.21. The fourth-order valence-electron chi connectivity index (χ4n) is 2.50. The van der Waals surface area contributed by atoms with Crippen LogP contribution in [-0.2, 0) is 16.1 Å². The number of amides is 3. The molecule has 0 aromatic carbocycles. The molecule has 1 unspecified atom stereocenters. The number of halogens is 1. The van der Waals surface area contributed by atoms with Gasteiger partial charge in [0.15, 0.2) is 0 Å². The van der Waals surface area contributed by atoms with Crippen LogP contribution in [0.15, 0.2) is 9.85 Å². The molecule has 1 aromatic rings. The molecule has 1 atom stereocenters. The standard InChI is InChI=1S/C12H11BrN2O3S/c13-9-4-6-8(19-9)5-15(12(6)18)7-2-1-3-10(16)14-11(7)17/h4,7H,1-3,5H2,(H,14,16,17). The molecule has 3 amide bonds. The minimum absolute atomic E-state index is 0.119. The number of imide groups is 1. The van der Waals surface area contributed by atoms with Crippen LogP contribution in [0.4, 0.5) is 0 Å². The molecule has 7 heteroatoms. The van der Waals surface area contributed by atoms with Crippen molar-refractivity contribution in [2.45, 2.75) is 31.8 Å². The number of thiophene rings is 1. The lowest BCUT2D eigenvalue weighted by molar-refractivity contribution is -0.132. The average molecular weight is 343 g/mol. The third-order valence-electron chi connectivity index (χ3n) is 3.41. The summed E-state index contributed by atoms with van der Waals surface area (Å²) >= 11 is 4.87. The predicted octanol–water partition coefficient (Wildman–Crippen LogP) is 1.66. The molecule has 1 aromatic heterocycles. The second kappa shape index (κ2) is 4.72. The summed E-state index contributed by atoms with van der Waals surface area (Å²) in [5, 5.41) is 2.34. The van der Waals surface area contributed by atoms with E-state index in [0.29, 0.717) is 31.4 Å². The summed E-state index contributed by atoms with van der Waals surface area (Å²) in [6.45, 7) is 0.455. The van der Waals surface area contributed by atoms with E-state index in [1.807, 2.05) is 0 Å². The van der Waals surface area contributed by atoms with E-state index in [2.05, 4.69) is 21.2 Å². The number of carbonyl (C=O) groups is 3. The van der Waals surface area contributed by atoms with E-state index in [-0.39, 0.29) is 17.7 Å². The highest BCUT2D eigenvalue weighted by Gasteiger charge is 2.38. The van der Waals surface area contributed by atoms with Gasteiger partial charge in [-0.2, -0.15) is 0 Å². The van der Waals surface area contributed by atoms with Crippen molar-refractivity contribution in [3.05, 3.63) is 20.3 Å². The Morgan fingerprint density at radius 1 is 1.37 bits per heavy atom. The van der Waals surface area contributed by atoms with Crippen molar-refractivity contribution >= 4 is 45.0 Å². The van der Waals surface area contributed by atoms with Gasteiger partial charge in [0.2, 0.25) is 11.8 Å². The van der Waals surface area contributed by atoms with E-state index in [1.165, 1.54) is 11.3 Å². The second-order valence-electron chi connectivity index (χ2n) is 4.64. The number of fused-ring (bicyclic) bond motifs is 1. The van der Waals surface area contributed by atoms with Crippen molar-refractivity contribution in [3.63, 3.8) is 0 Å². The molecule has 0 spiro atoms. The van der Waals surface area contributed by atoms with E-state index >= 15 is 0 Å². The maximum absolute atomic E-state index is 12.3. The first kappa shape index (κ1) is 12.8. The first-order valence-corrected chi connectivity index (χ1v) is 7.60. The van der Waals surface area contributed by atoms with Crippen LogP contribution in [0, 0.1) is 0 Å². The zero-order valence-corrected chi connectivity index (χ0v) is 12.3. The van der Waals surface area contributed by atoms with Gasteiger partial charge in [0.25, 0.3) is 5.91 Å². The van der Waals surface area contributed by atoms with E-state index in [9.17, 15) is 14.4 Å². The molecule has 5 nitrogen and oxygen atoms in total. The molecule has 1 saturated heterocycles. The third-order valence-corrected chi connectivity index (χ3v) is 5.03. The van der Waals surface area contributed by atoms with Gasteiger partial charge < -0.3 is 4.90 Å². The molecule has 1 N–H and O–H groups in total. The number of nitrogens with zero attached hydrogens (tertiary/aromatic N) is 1. The lowest BCUT2D eigenvalue weighted by Crippen LogP contribution is -2.46. The summed E-state index contributed by atoms with van der Waals surface area (Å²) in [4.78, 5) is 38.1. The molecule has 1 fully saturated rings. The summed E-state index contributed by atoms with van der Waals surface area (Å²) in [5.74, 6) is -0.729. The Morgan fingerprint density at radius 2 is 2.16 bits per heavy atom. The molecular formula is C12H11BrN2O3S. The topological polar surface area (TPSA) is 66.5 Å². The van der Waals surface area contributed by atoms with E-state index < -0.39 is 6.04 Å². The number of rotatable bonds is 1. The van der Waals surface area contributed by atoms with Crippen LogP contribution in [0.25, 0.3) is 0 Å². The highest BCUT2D eigenvalue weighted by atomic mass is 79.9. The molecule has 2 aliphatic heterocycles. The first-order chi connectivity index (χ1) is 9.06. The zero-order chi connectivity index (χ0) is 13.6. The number of hydrogen-bond donors (Lipinski definition) is 1. The van der Waals surface area contributed by atoms with Crippen LogP contribution < -0.4 is 5.32 Å². The Kier molecular flexibility index (Phi) is 3.18. The second-order valence-corrected chi connectivity index (χ2v) is 7.16. The lowest BCUT2D eigenvalue weighted by atomic mass is 10.1. The molecule has 100 valence electrons. The van der Waals surface area contributed by atoms with Crippen molar-refractivity contribution in [1.82, 2.24) is 10.2 Å². The predicted molar refractivity (Wildman–Crippen MR) is 72.7 cm³/mol. The maximum Gasteiger partial charge on any atom is 0.256 e. The van der Waals surface area contributed by atoms with Crippen LogP contribution in [0.5, 0.6) is 0 Å².